The number of hydrogen-bond acceptors (Lipinski definition) is 6. The van der Waals surface area contributed by atoms with Crippen molar-refractivity contribution in [1.82, 2.24) is 33.9 Å². The minimum Gasteiger partial charge on any atom is -0.323 e. The summed E-state index contributed by atoms with van der Waals surface area (Å²) >= 11 is 0. The molecule has 0 amide bonds. The van der Waals surface area contributed by atoms with Gasteiger partial charge in [0.1, 0.15) is 5.52 Å². The van der Waals surface area contributed by atoms with Gasteiger partial charge >= 0.3 is 5.69 Å². The quantitative estimate of drug-likeness (QED) is 0.528. The Labute approximate surface area is 186 Å². The number of hydrogen-bond donors (Lipinski definition) is 1. The first-order valence-electron chi connectivity index (χ1n) is 11.1. The molecule has 0 bridgehead atoms. The van der Waals surface area contributed by atoms with Crippen LogP contribution in [-0.4, -0.2) is 33.9 Å². The van der Waals surface area contributed by atoms with Crippen LogP contribution in [0.1, 0.15) is 44.2 Å². The molecule has 2 atom stereocenters. The molecular formula is C23H28N8O. The van der Waals surface area contributed by atoms with E-state index >= 15 is 0 Å². The largest absolute Gasteiger partial charge is 0.330 e. The van der Waals surface area contributed by atoms with Crippen LogP contribution in [0, 0.1) is 12.8 Å². The predicted molar refractivity (Wildman–Crippen MR) is 124 cm³/mol. The number of rotatable bonds is 4. The zero-order chi connectivity index (χ0) is 22.4. The third-order valence-electron chi connectivity index (χ3n) is 6.59. The van der Waals surface area contributed by atoms with Gasteiger partial charge in [0.15, 0.2) is 5.65 Å². The molecule has 9 heteroatoms. The van der Waals surface area contributed by atoms with E-state index in [0.29, 0.717) is 17.5 Å². The van der Waals surface area contributed by atoms with E-state index in [1.165, 1.54) is 6.42 Å². The van der Waals surface area contributed by atoms with Crippen LogP contribution >= 0.6 is 0 Å². The normalized spacial score (nSPS) is 18.9. The zero-order valence-electron chi connectivity index (χ0n) is 18.9. The van der Waals surface area contributed by atoms with Crippen LogP contribution in [0.15, 0.2) is 35.6 Å². The number of pyridine rings is 1. The average molecular weight is 433 g/mol. The summed E-state index contributed by atoms with van der Waals surface area (Å²) in [5, 5.41) is 7.50. The summed E-state index contributed by atoms with van der Waals surface area (Å²) in [4.78, 5) is 26.9. The third-order valence-corrected chi connectivity index (χ3v) is 6.59. The predicted octanol–water partition coefficient (Wildman–Crippen LogP) is 3.73. The molecule has 0 aliphatic heterocycles. The summed E-state index contributed by atoms with van der Waals surface area (Å²) in [6, 6.07) is 2.19. The maximum atomic E-state index is 13.1. The number of imidazole rings is 1. The molecule has 0 radical (unpaired) electrons. The molecule has 0 aromatic carbocycles. The molecule has 1 N–H and O–H groups in total. The second-order valence-electron chi connectivity index (χ2n) is 8.86. The fraction of sp³-hybridized carbons (Fsp3) is 0.435. The van der Waals surface area contributed by atoms with Crippen molar-refractivity contribution < 1.29 is 0 Å². The van der Waals surface area contributed by atoms with Crippen LogP contribution in [-0.2, 0) is 14.1 Å². The zero-order valence-corrected chi connectivity index (χ0v) is 18.9. The molecule has 4 heterocycles. The summed E-state index contributed by atoms with van der Waals surface area (Å²) in [6.07, 6.45) is 11.8. The number of aryl methyl sites for hydroxylation is 3. The van der Waals surface area contributed by atoms with E-state index in [2.05, 4.69) is 27.3 Å². The lowest BCUT2D eigenvalue weighted by atomic mass is 9.86. The first-order valence-corrected chi connectivity index (χ1v) is 11.1. The first-order chi connectivity index (χ1) is 15.4. The number of aromatic nitrogens is 7. The van der Waals surface area contributed by atoms with Crippen molar-refractivity contribution in [2.24, 2.45) is 20.0 Å². The summed E-state index contributed by atoms with van der Waals surface area (Å²) in [5.74, 6) is 0.907. The van der Waals surface area contributed by atoms with E-state index < -0.39 is 0 Å². The molecule has 4 aromatic rings. The van der Waals surface area contributed by atoms with Gasteiger partial charge in [-0.1, -0.05) is 19.8 Å². The van der Waals surface area contributed by atoms with Gasteiger partial charge in [-0.15, -0.1) is 0 Å². The summed E-state index contributed by atoms with van der Waals surface area (Å²) in [6.45, 7) is 4.25. The van der Waals surface area contributed by atoms with Gasteiger partial charge in [0.2, 0.25) is 5.95 Å². The van der Waals surface area contributed by atoms with Crippen molar-refractivity contribution >= 4 is 22.8 Å². The minimum atomic E-state index is -0.0242. The van der Waals surface area contributed by atoms with Gasteiger partial charge < -0.3 is 5.32 Å². The molecule has 0 spiro atoms. The molecule has 1 aliphatic rings. The number of anilines is 2. The second-order valence-corrected chi connectivity index (χ2v) is 8.86. The van der Waals surface area contributed by atoms with Crippen molar-refractivity contribution in [2.45, 2.75) is 45.6 Å². The number of fused-ring (bicyclic) bond motifs is 1. The molecule has 0 saturated heterocycles. The van der Waals surface area contributed by atoms with E-state index in [1.807, 2.05) is 30.8 Å². The summed E-state index contributed by atoms with van der Waals surface area (Å²) in [7, 11) is 3.67. The molecule has 9 nitrogen and oxygen atoms in total. The molecule has 5 rings (SSSR count). The molecular weight excluding hydrogens is 404 g/mol. The summed E-state index contributed by atoms with van der Waals surface area (Å²) in [5.41, 5.74) is 5.09. The fourth-order valence-electron chi connectivity index (χ4n) is 4.69. The van der Waals surface area contributed by atoms with Gasteiger partial charge in [-0.25, -0.2) is 9.78 Å². The Kier molecular flexibility index (Phi) is 5.03. The Hall–Kier alpha value is -3.49. The molecule has 4 aromatic heterocycles. The Bertz CT molecular complexity index is 1350. The highest BCUT2D eigenvalue weighted by atomic mass is 16.1. The lowest BCUT2D eigenvalue weighted by molar-refractivity contribution is 0.255. The molecule has 2 unspecified atom stereocenters. The highest BCUT2D eigenvalue weighted by molar-refractivity contribution is 5.73. The smallest absolute Gasteiger partial charge is 0.323 e. The van der Waals surface area contributed by atoms with Gasteiger partial charge in [0.25, 0.3) is 0 Å². The van der Waals surface area contributed by atoms with Gasteiger partial charge in [0.05, 0.1) is 30.0 Å². The van der Waals surface area contributed by atoms with E-state index in [1.54, 1.807) is 34.9 Å². The molecule has 1 aliphatic carbocycles. The van der Waals surface area contributed by atoms with Gasteiger partial charge in [-0.3, -0.25) is 18.8 Å². The lowest BCUT2D eigenvalue weighted by Crippen LogP contribution is -2.31. The second kappa shape index (κ2) is 7.89. The first kappa shape index (κ1) is 20.4. The van der Waals surface area contributed by atoms with E-state index in [4.69, 9.17) is 4.98 Å². The standard InChI is InChI=1S/C23H28N8O/c1-14-7-5-6-8-19(14)31-21-20(30(4)23(31)32)12-25-22(28-21)27-18-11-24-17(9-15(18)2)16-10-26-29(3)13-16/h9-14,19H,5-8H2,1-4H3,(H,25,27,28). The third kappa shape index (κ3) is 3.47. The Morgan fingerprint density at radius 1 is 1.09 bits per heavy atom. The molecule has 32 heavy (non-hydrogen) atoms. The van der Waals surface area contributed by atoms with Crippen LogP contribution in [0.2, 0.25) is 0 Å². The fourth-order valence-corrected chi connectivity index (χ4v) is 4.69. The van der Waals surface area contributed by atoms with Crippen molar-refractivity contribution in [3.63, 3.8) is 0 Å². The molecule has 166 valence electrons. The Balaban J connectivity index is 1.50. The maximum Gasteiger partial charge on any atom is 0.330 e. The van der Waals surface area contributed by atoms with E-state index in [-0.39, 0.29) is 11.7 Å². The van der Waals surface area contributed by atoms with Crippen molar-refractivity contribution in [2.75, 3.05) is 5.32 Å². The van der Waals surface area contributed by atoms with Crippen LogP contribution in [0.5, 0.6) is 0 Å². The van der Waals surface area contributed by atoms with Crippen molar-refractivity contribution in [3.05, 3.63) is 46.9 Å². The van der Waals surface area contributed by atoms with Gasteiger partial charge in [0, 0.05) is 31.9 Å². The van der Waals surface area contributed by atoms with Crippen molar-refractivity contribution in [1.29, 1.82) is 0 Å². The Morgan fingerprint density at radius 3 is 2.62 bits per heavy atom. The molecule has 1 fully saturated rings. The van der Waals surface area contributed by atoms with Crippen LogP contribution in [0.25, 0.3) is 22.4 Å². The summed E-state index contributed by atoms with van der Waals surface area (Å²) < 4.78 is 5.28. The molecule has 1 saturated carbocycles. The monoisotopic (exact) mass is 432 g/mol. The van der Waals surface area contributed by atoms with Gasteiger partial charge in [-0.05, 0) is 37.3 Å². The van der Waals surface area contributed by atoms with Crippen LogP contribution < -0.4 is 11.0 Å². The number of nitrogens with zero attached hydrogens (tertiary/aromatic N) is 7. The van der Waals surface area contributed by atoms with E-state index in [0.717, 1.165) is 47.3 Å². The SMILES string of the molecule is Cc1cc(-c2cnn(C)c2)ncc1Nc1ncc2c(n1)n(C1CCCCC1C)c(=O)n2C. The number of nitrogens with one attached hydrogen (secondary N) is 1. The highest BCUT2D eigenvalue weighted by Gasteiger charge is 2.28. The maximum absolute atomic E-state index is 13.1. The average Bonchev–Trinajstić information content (AvgIpc) is 3.32. The van der Waals surface area contributed by atoms with E-state index in [9.17, 15) is 4.79 Å². The van der Waals surface area contributed by atoms with Crippen LogP contribution in [0.3, 0.4) is 0 Å². The minimum absolute atomic E-state index is 0.0242. The lowest BCUT2D eigenvalue weighted by Gasteiger charge is -2.29. The Morgan fingerprint density at radius 2 is 1.91 bits per heavy atom. The van der Waals surface area contributed by atoms with Gasteiger partial charge in [-0.2, -0.15) is 10.1 Å². The topological polar surface area (TPSA) is 95.5 Å². The van der Waals surface area contributed by atoms with Crippen molar-refractivity contribution in [3.8, 4) is 11.3 Å². The highest BCUT2D eigenvalue weighted by Crippen LogP contribution is 2.34. The van der Waals surface area contributed by atoms with Crippen LogP contribution in [0.4, 0.5) is 11.6 Å².